The summed E-state index contributed by atoms with van der Waals surface area (Å²) in [5, 5.41) is 0.854. The molecule has 1 aromatic rings. The van der Waals surface area contributed by atoms with Gasteiger partial charge < -0.3 is 9.80 Å². The molecule has 6 heteroatoms. The molecule has 0 aromatic heterocycles. The van der Waals surface area contributed by atoms with Gasteiger partial charge in [0.1, 0.15) is 0 Å². The quantitative estimate of drug-likeness (QED) is 0.780. The molecule has 1 aliphatic heterocycles. The Morgan fingerprint density at radius 2 is 1.83 bits per heavy atom. The smallest absolute Gasteiger partial charge is 0.255 e. The van der Waals surface area contributed by atoms with Crippen molar-refractivity contribution in [3.63, 3.8) is 0 Å². The number of benzene rings is 1. The number of hydrogen-bond acceptors (Lipinski definition) is 2. The number of carbonyl (C=O) groups is 2. The molecule has 1 aliphatic rings. The topological polar surface area (TPSA) is 40.6 Å². The van der Waals surface area contributed by atoms with E-state index in [4.69, 9.17) is 23.2 Å². The predicted octanol–water partition coefficient (Wildman–Crippen LogP) is 1.91. The first-order valence-electron chi connectivity index (χ1n) is 5.55. The minimum atomic E-state index is -0.123. The number of carbonyl (C=O) groups excluding carboxylic acids is 2. The van der Waals surface area contributed by atoms with E-state index in [0.29, 0.717) is 41.8 Å². The van der Waals surface area contributed by atoms with Crippen molar-refractivity contribution in [2.24, 2.45) is 0 Å². The van der Waals surface area contributed by atoms with Crippen LogP contribution in [0.5, 0.6) is 0 Å². The first kappa shape index (κ1) is 13.2. The fourth-order valence-electron chi connectivity index (χ4n) is 1.86. The molecule has 0 spiro atoms. The van der Waals surface area contributed by atoms with E-state index in [0.717, 1.165) is 6.41 Å². The third kappa shape index (κ3) is 2.76. The van der Waals surface area contributed by atoms with Crippen molar-refractivity contribution >= 4 is 35.5 Å². The van der Waals surface area contributed by atoms with Crippen LogP contribution in [0.2, 0.25) is 10.0 Å². The summed E-state index contributed by atoms with van der Waals surface area (Å²) in [5.41, 5.74) is 0.445. The SMILES string of the molecule is O=CN1CCN(C(=O)c2ccc(Cl)cc2Cl)CC1. The van der Waals surface area contributed by atoms with E-state index in [1.807, 2.05) is 0 Å². The van der Waals surface area contributed by atoms with E-state index < -0.39 is 0 Å². The number of hydrogen-bond donors (Lipinski definition) is 0. The molecule has 0 saturated carbocycles. The highest BCUT2D eigenvalue weighted by atomic mass is 35.5. The van der Waals surface area contributed by atoms with Gasteiger partial charge in [-0.2, -0.15) is 0 Å². The Hall–Kier alpha value is -1.26. The molecule has 2 amide bonds. The van der Waals surface area contributed by atoms with Crippen LogP contribution in [0.4, 0.5) is 0 Å². The Balaban J connectivity index is 2.10. The van der Waals surface area contributed by atoms with E-state index in [2.05, 4.69) is 0 Å². The standard InChI is InChI=1S/C12H12Cl2N2O2/c13-9-1-2-10(11(14)7-9)12(18)16-5-3-15(8-17)4-6-16/h1-2,7-8H,3-6H2. The van der Waals surface area contributed by atoms with Crippen LogP contribution in [0.3, 0.4) is 0 Å². The summed E-state index contributed by atoms with van der Waals surface area (Å²) in [6, 6.07) is 4.82. The highest BCUT2D eigenvalue weighted by Gasteiger charge is 2.22. The predicted molar refractivity (Wildman–Crippen MR) is 70.0 cm³/mol. The zero-order valence-corrected chi connectivity index (χ0v) is 11.1. The first-order valence-corrected chi connectivity index (χ1v) is 6.31. The lowest BCUT2D eigenvalue weighted by Crippen LogP contribution is -2.48. The summed E-state index contributed by atoms with van der Waals surface area (Å²) in [6.45, 7) is 2.16. The maximum absolute atomic E-state index is 12.2. The van der Waals surface area contributed by atoms with E-state index in [-0.39, 0.29) is 5.91 Å². The molecule has 4 nitrogen and oxygen atoms in total. The monoisotopic (exact) mass is 286 g/mol. The van der Waals surface area contributed by atoms with Gasteiger partial charge in [0.05, 0.1) is 10.6 Å². The summed E-state index contributed by atoms with van der Waals surface area (Å²) in [5.74, 6) is -0.123. The number of rotatable bonds is 2. The van der Waals surface area contributed by atoms with Gasteiger partial charge in [-0.15, -0.1) is 0 Å². The van der Waals surface area contributed by atoms with Crippen LogP contribution < -0.4 is 0 Å². The summed E-state index contributed by atoms with van der Waals surface area (Å²) < 4.78 is 0. The van der Waals surface area contributed by atoms with Gasteiger partial charge in [-0.1, -0.05) is 23.2 Å². The van der Waals surface area contributed by atoms with Crippen LogP contribution in [0.25, 0.3) is 0 Å². The third-order valence-corrected chi connectivity index (χ3v) is 3.46. The molecule has 1 fully saturated rings. The third-order valence-electron chi connectivity index (χ3n) is 2.91. The highest BCUT2D eigenvalue weighted by Crippen LogP contribution is 2.22. The molecule has 96 valence electrons. The number of amides is 2. The number of nitrogens with zero attached hydrogens (tertiary/aromatic N) is 2. The minimum absolute atomic E-state index is 0.123. The Morgan fingerprint density at radius 3 is 2.39 bits per heavy atom. The highest BCUT2D eigenvalue weighted by molar-refractivity contribution is 6.36. The zero-order chi connectivity index (χ0) is 13.1. The average Bonchev–Trinajstić information content (AvgIpc) is 2.38. The summed E-state index contributed by atoms with van der Waals surface area (Å²) in [4.78, 5) is 26.1. The molecule has 1 heterocycles. The maximum atomic E-state index is 12.2. The summed E-state index contributed by atoms with van der Waals surface area (Å²) in [7, 11) is 0. The van der Waals surface area contributed by atoms with Gasteiger partial charge in [0.25, 0.3) is 5.91 Å². The Morgan fingerprint density at radius 1 is 1.17 bits per heavy atom. The fraction of sp³-hybridized carbons (Fsp3) is 0.333. The van der Waals surface area contributed by atoms with E-state index in [1.165, 1.54) is 0 Å². The molecule has 0 aliphatic carbocycles. The molecular weight excluding hydrogens is 275 g/mol. The van der Waals surface area contributed by atoms with E-state index >= 15 is 0 Å². The van der Waals surface area contributed by atoms with Crippen molar-refractivity contribution < 1.29 is 9.59 Å². The molecular formula is C12H12Cl2N2O2. The van der Waals surface area contributed by atoms with Gasteiger partial charge in [-0.05, 0) is 18.2 Å². The summed E-state index contributed by atoms with van der Waals surface area (Å²) >= 11 is 11.8. The lowest BCUT2D eigenvalue weighted by atomic mass is 10.2. The molecule has 0 atom stereocenters. The van der Waals surface area contributed by atoms with Crippen LogP contribution in [0.1, 0.15) is 10.4 Å². The van der Waals surface area contributed by atoms with Crippen LogP contribution in [0.15, 0.2) is 18.2 Å². The van der Waals surface area contributed by atoms with Crippen molar-refractivity contribution in [3.8, 4) is 0 Å². The molecule has 0 radical (unpaired) electrons. The molecule has 0 unspecified atom stereocenters. The van der Waals surface area contributed by atoms with Gasteiger partial charge in [0.15, 0.2) is 0 Å². The fourth-order valence-corrected chi connectivity index (χ4v) is 2.35. The zero-order valence-electron chi connectivity index (χ0n) is 9.60. The minimum Gasteiger partial charge on any atom is -0.342 e. The van der Waals surface area contributed by atoms with Gasteiger partial charge in [-0.3, -0.25) is 9.59 Å². The van der Waals surface area contributed by atoms with Gasteiger partial charge in [0, 0.05) is 31.2 Å². The number of piperazine rings is 1. The first-order chi connectivity index (χ1) is 8.61. The van der Waals surface area contributed by atoms with Crippen LogP contribution >= 0.6 is 23.2 Å². The molecule has 2 rings (SSSR count). The van der Waals surface area contributed by atoms with Crippen molar-refractivity contribution in [3.05, 3.63) is 33.8 Å². The van der Waals surface area contributed by atoms with Crippen molar-refractivity contribution in [2.45, 2.75) is 0 Å². The molecule has 1 aromatic carbocycles. The van der Waals surface area contributed by atoms with Gasteiger partial charge in [-0.25, -0.2) is 0 Å². The Labute approximate surface area is 115 Å². The van der Waals surface area contributed by atoms with Crippen molar-refractivity contribution in [1.29, 1.82) is 0 Å². The largest absolute Gasteiger partial charge is 0.342 e. The van der Waals surface area contributed by atoms with Crippen molar-refractivity contribution in [1.82, 2.24) is 9.80 Å². The van der Waals surface area contributed by atoms with E-state index in [9.17, 15) is 9.59 Å². The summed E-state index contributed by atoms with van der Waals surface area (Å²) in [6.07, 6.45) is 0.803. The van der Waals surface area contributed by atoms with Crippen LogP contribution in [-0.4, -0.2) is 48.3 Å². The molecule has 0 N–H and O–H groups in total. The second kappa shape index (κ2) is 5.59. The second-order valence-corrected chi connectivity index (χ2v) is 4.90. The van der Waals surface area contributed by atoms with Crippen LogP contribution in [-0.2, 0) is 4.79 Å². The van der Waals surface area contributed by atoms with Crippen LogP contribution in [0, 0.1) is 0 Å². The lowest BCUT2D eigenvalue weighted by Gasteiger charge is -2.32. The van der Waals surface area contributed by atoms with E-state index in [1.54, 1.807) is 28.0 Å². The maximum Gasteiger partial charge on any atom is 0.255 e. The molecule has 18 heavy (non-hydrogen) atoms. The Bertz CT molecular complexity index is 471. The normalized spacial score (nSPS) is 15.7. The lowest BCUT2D eigenvalue weighted by molar-refractivity contribution is -0.119. The van der Waals surface area contributed by atoms with Gasteiger partial charge in [0.2, 0.25) is 6.41 Å². The molecule has 0 bridgehead atoms. The number of halogens is 2. The second-order valence-electron chi connectivity index (χ2n) is 4.06. The van der Waals surface area contributed by atoms with Crippen molar-refractivity contribution in [2.75, 3.05) is 26.2 Å². The molecule has 1 saturated heterocycles. The van der Waals surface area contributed by atoms with Gasteiger partial charge >= 0.3 is 0 Å². The average molecular weight is 287 g/mol. The Kier molecular flexibility index (Phi) is 4.09.